The summed E-state index contributed by atoms with van der Waals surface area (Å²) in [5.74, 6) is 1.68. The summed E-state index contributed by atoms with van der Waals surface area (Å²) in [6.45, 7) is 5.06. The maximum absolute atomic E-state index is 6.34. The third-order valence-electron chi connectivity index (χ3n) is 5.05. The Hall–Kier alpha value is -2.37. The molecule has 0 spiro atoms. The number of thiocarbonyl (C=S) groups is 1. The van der Waals surface area contributed by atoms with E-state index in [4.69, 9.17) is 28.2 Å². The lowest BCUT2D eigenvalue weighted by Crippen LogP contribution is -2.30. The molecular weight excluding hydrogens is 390 g/mol. The molecule has 6 heteroatoms. The van der Waals surface area contributed by atoms with E-state index in [2.05, 4.69) is 29.0 Å². The van der Waals surface area contributed by atoms with Gasteiger partial charge in [0, 0.05) is 23.3 Å². The van der Waals surface area contributed by atoms with Crippen LogP contribution in [0.4, 0.5) is 0 Å². The van der Waals surface area contributed by atoms with Crippen molar-refractivity contribution >= 4 is 28.9 Å². The van der Waals surface area contributed by atoms with Gasteiger partial charge in [-0.15, -0.1) is 0 Å². The van der Waals surface area contributed by atoms with Crippen molar-refractivity contribution in [1.82, 2.24) is 15.2 Å². The molecule has 0 aliphatic carbocycles. The Bertz CT molecular complexity index is 988. The lowest BCUT2D eigenvalue weighted by Gasteiger charge is -2.25. The SMILES string of the molecule is CCCN1C(=S)N[C@H](c2ccccn2)[C@H]1c1ccc(-c2cc(Cl)ccc2C)o1. The Kier molecular flexibility index (Phi) is 5.38. The number of furan rings is 1. The molecule has 1 fully saturated rings. The molecule has 1 aliphatic rings. The highest BCUT2D eigenvalue weighted by Crippen LogP contribution is 2.41. The van der Waals surface area contributed by atoms with Crippen molar-refractivity contribution in [2.75, 3.05) is 6.54 Å². The summed E-state index contributed by atoms with van der Waals surface area (Å²) in [6, 6.07) is 15.7. The predicted molar refractivity (Wildman–Crippen MR) is 116 cm³/mol. The summed E-state index contributed by atoms with van der Waals surface area (Å²) < 4.78 is 6.34. The fourth-order valence-corrected chi connectivity index (χ4v) is 4.22. The number of hydrogen-bond donors (Lipinski definition) is 1. The van der Waals surface area contributed by atoms with E-state index >= 15 is 0 Å². The summed E-state index contributed by atoms with van der Waals surface area (Å²) in [5.41, 5.74) is 3.08. The summed E-state index contributed by atoms with van der Waals surface area (Å²) >= 11 is 11.8. The Morgan fingerprint density at radius 1 is 1.21 bits per heavy atom. The van der Waals surface area contributed by atoms with Gasteiger partial charge in [0.05, 0.1) is 11.7 Å². The number of benzene rings is 1. The Balaban J connectivity index is 1.75. The van der Waals surface area contributed by atoms with Gasteiger partial charge in [0.1, 0.15) is 17.6 Å². The number of aryl methyl sites for hydroxylation is 1. The first kappa shape index (κ1) is 19.0. The number of nitrogens with one attached hydrogen (secondary N) is 1. The lowest BCUT2D eigenvalue weighted by atomic mass is 10.0. The van der Waals surface area contributed by atoms with Gasteiger partial charge in [-0.05, 0) is 67.5 Å². The van der Waals surface area contributed by atoms with Crippen LogP contribution in [0.1, 0.15) is 42.4 Å². The summed E-state index contributed by atoms with van der Waals surface area (Å²) in [5, 5.41) is 4.87. The van der Waals surface area contributed by atoms with Crippen molar-refractivity contribution in [2.45, 2.75) is 32.4 Å². The average molecular weight is 412 g/mol. The van der Waals surface area contributed by atoms with E-state index < -0.39 is 0 Å². The molecular formula is C22H22ClN3OS. The van der Waals surface area contributed by atoms with E-state index in [0.717, 1.165) is 46.4 Å². The van der Waals surface area contributed by atoms with Crippen molar-refractivity contribution in [3.63, 3.8) is 0 Å². The van der Waals surface area contributed by atoms with Gasteiger partial charge in [0.15, 0.2) is 5.11 Å². The number of aromatic nitrogens is 1. The van der Waals surface area contributed by atoms with E-state index in [1.165, 1.54) is 0 Å². The van der Waals surface area contributed by atoms with Crippen LogP contribution in [0.25, 0.3) is 11.3 Å². The number of halogens is 1. The molecule has 0 unspecified atom stereocenters. The molecule has 3 aromatic rings. The second kappa shape index (κ2) is 7.94. The van der Waals surface area contributed by atoms with Crippen LogP contribution < -0.4 is 5.32 Å². The van der Waals surface area contributed by atoms with Gasteiger partial charge in [-0.1, -0.05) is 30.7 Å². The van der Waals surface area contributed by atoms with Gasteiger partial charge in [-0.3, -0.25) is 4.98 Å². The minimum atomic E-state index is -0.0558. The predicted octanol–water partition coefficient (Wildman–Crippen LogP) is 5.69. The largest absolute Gasteiger partial charge is 0.459 e. The second-order valence-electron chi connectivity index (χ2n) is 6.98. The number of rotatable bonds is 5. The van der Waals surface area contributed by atoms with Crippen molar-refractivity contribution in [2.24, 2.45) is 0 Å². The minimum absolute atomic E-state index is 0.0457. The van der Waals surface area contributed by atoms with E-state index in [9.17, 15) is 0 Å². The smallest absolute Gasteiger partial charge is 0.170 e. The first-order valence-corrected chi connectivity index (χ1v) is 10.2. The monoisotopic (exact) mass is 411 g/mol. The van der Waals surface area contributed by atoms with E-state index in [1.54, 1.807) is 0 Å². The molecule has 1 aromatic carbocycles. The van der Waals surface area contributed by atoms with Crippen LogP contribution in [-0.4, -0.2) is 21.5 Å². The first-order valence-electron chi connectivity index (χ1n) is 9.43. The standard InChI is InChI=1S/C22H22ClN3OS/c1-3-12-26-21(20(25-22(26)28)17-6-4-5-11-24-17)19-10-9-18(27-19)16-13-15(23)8-7-14(16)2/h4-11,13,20-21H,3,12H2,1-2H3,(H,25,28)/t20-,21-/m1/s1. The summed E-state index contributed by atoms with van der Waals surface area (Å²) in [6.07, 6.45) is 2.80. The maximum Gasteiger partial charge on any atom is 0.170 e. The van der Waals surface area contributed by atoms with Gasteiger partial charge in [-0.25, -0.2) is 0 Å². The van der Waals surface area contributed by atoms with Crippen molar-refractivity contribution in [1.29, 1.82) is 0 Å². The minimum Gasteiger partial charge on any atom is -0.459 e. The fourth-order valence-electron chi connectivity index (χ4n) is 3.71. The average Bonchev–Trinajstić information content (AvgIpc) is 3.30. The molecule has 1 aliphatic heterocycles. The summed E-state index contributed by atoms with van der Waals surface area (Å²) in [7, 11) is 0. The van der Waals surface area contributed by atoms with Crippen molar-refractivity contribution < 1.29 is 4.42 Å². The molecule has 4 rings (SSSR count). The molecule has 2 aromatic heterocycles. The van der Waals surface area contributed by atoms with Crippen LogP contribution in [0.5, 0.6) is 0 Å². The zero-order chi connectivity index (χ0) is 19.7. The van der Waals surface area contributed by atoms with Crippen LogP contribution in [0.2, 0.25) is 5.02 Å². The fraction of sp³-hybridized carbons (Fsp3) is 0.273. The molecule has 2 atom stereocenters. The third-order valence-corrected chi connectivity index (χ3v) is 5.63. The van der Waals surface area contributed by atoms with Crippen LogP contribution in [0.3, 0.4) is 0 Å². The zero-order valence-corrected chi connectivity index (χ0v) is 17.4. The zero-order valence-electron chi connectivity index (χ0n) is 15.9. The van der Waals surface area contributed by atoms with Crippen LogP contribution in [-0.2, 0) is 0 Å². The van der Waals surface area contributed by atoms with Crippen molar-refractivity contribution in [3.8, 4) is 11.3 Å². The number of hydrogen-bond acceptors (Lipinski definition) is 3. The molecule has 4 nitrogen and oxygen atoms in total. The lowest BCUT2D eigenvalue weighted by molar-refractivity contribution is 0.275. The number of nitrogens with zero attached hydrogens (tertiary/aromatic N) is 2. The molecule has 0 radical (unpaired) electrons. The Morgan fingerprint density at radius 3 is 2.82 bits per heavy atom. The van der Waals surface area contributed by atoms with Crippen LogP contribution >= 0.6 is 23.8 Å². The Labute approximate surface area is 175 Å². The Morgan fingerprint density at radius 2 is 2.07 bits per heavy atom. The van der Waals surface area contributed by atoms with Gasteiger partial charge in [0.25, 0.3) is 0 Å². The third kappa shape index (κ3) is 3.52. The molecule has 1 saturated heterocycles. The van der Waals surface area contributed by atoms with E-state index in [-0.39, 0.29) is 12.1 Å². The van der Waals surface area contributed by atoms with E-state index in [0.29, 0.717) is 5.02 Å². The highest BCUT2D eigenvalue weighted by atomic mass is 35.5. The normalized spacial score (nSPS) is 19.1. The topological polar surface area (TPSA) is 41.3 Å². The quantitative estimate of drug-likeness (QED) is 0.546. The van der Waals surface area contributed by atoms with Crippen LogP contribution in [0, 0.1) is 6.92 Å². The highest BCUT2D eigenvalue weighted by Gasteiger charge is 2.41. The van der Waals surface area contributed by atoms with Gasteiger partial charge < -0.3 is 14.6 Å². The molecule has 28 heavy (non-hydrogen) atoms. The highest BCUT2D eigenvalue weighted by molar-refractivity contribution is 7.80. The molecule has 144 valence electrons. The maximum atomic E-state index is 6.34. The second-order valence-corrected chi connectivity index (χ2v) is 7.80. The molecule has 1 N–H and O–H groups in total. The summed E-state index contributed by atoms with van der Waals surface area (Å²) in [4.78, 5) is 6.74. The number of pyridine rings is 1. The molecule has 0 saturated carbocycles. The first-order chi connectivity index (χ1) is 13.6. The van der Waals surface area contributed by atoms with Gasteiger partial charge in [0.2, 0.25) is 0 Å². The molecule has 0 amide bonds. The molecule has 0 bridgehead atoms. The van der Waals surface area contributed by atoms with Gasteiger partial charge in [-0.2, -0.15) is 0 Å². The molecule has 3 heterocycles. The van der Waals surface area contributed by atoms with Crippen molar-refractivity contribution in [3.05, 3.63) is 76.8 Å². The van der Waals surface area contributed by atoms with Crippen LogP contribution in [0.15, 0.2) is 59.1 Å². The van der Waals surface area contributed by atoms with E-state index in [1.807, 2.05) is 54.7 Å². The van der Waals surface area contributed by atoms with Gasteiger partial charge >= 0.3 is 0 Å².